The van der Waals surface area contributed by atoms with Gasteiger partial charge in [0.2, 0.25) is 5.91 Å². The molecule has 1 aliphatic carbocycles. The maximum absolute atomic E-state index is 11.8. The number of H-pyrrole nitrogens is 1. The molecule has 4 heteroatoms. The van der Waals surface area contributed by atoms with Crippen LogP contribution >= 0.6 is 0 Å². The predicted molar refractivity (Wildman–Crippen MR) is 66.4 cm³/mol. The van der Waals surface area contributed by atoms with Gasteiger partial charge in [-0.3, -0.25) is 4.79 Å². The molecular formula is C13H21N3O. The molecule has 2 rings (SSSR count). The standard InChI is InChI=1S/C13H21N3O/c1-2-3-4-10-7-12(10)13(17)15-6-5-11-8-14-9-16-11/h8-10,12H,2-7H2,1H3,(H,14,16)(H,15,17). The van der Waals surface area contributed by atoms with E-state index in [2.05, 4.69) is 22.2 Å². The van der Waals surface area contributed by atoms with Crippen LogP contribution in [0.3, 0.4) is 0 Å². The molecule has 2 unspecified atom stereocenters. The van der Waals surface area contributed by atoms with E-state index in [4.69, 9.17) is 0 Å². The van der Waals surface area contributed by atoms with Crippen molar-refractivity contribution in [2.75, 3.05) is 6.54 Å². The van der Waals surface area contributed by atoms with E-state index in [-0.39, 0.29) is 5.91 Å². The van der Waals surface area contributed by atoms with Gasteiger partial charge in [-0.2, -0.15) is 0 Å². The largest absolute Gasteiger partial charge is 0.355 e. The average Bonchev–Trinajstić information content (AvgIpc) is 2.93. The summed E-state index contributed by atoms with van der Waals surface area (Å²) < 4.78 is 0. The molecule has 4 nitrogen and oxygen atoms in total. The number of carbonyl (C=O) groups is 1. The third kappa shape index (κ3) is 3.58. The normalized spacial score (nSPS) is 22.4. The van der Waals surface area contributed by atoms with Gasteiger partial charge in [0.25, 0.3) is 0 Å². The number of nitrogens with zero attached hydrogens (tertiary/aromatic N) is 1. The van der Waals surface area contributed by atoms with Gasteiger partial charge in [0.1, 0.15) is 0 Å². The molecule has 2 N–H and O–H groups in total. The number of unbranched alkanes of at least 4 members (excludes halogenated alkanes) is 1. The fraction of sp³-hybridized carbons (Fsp3) is 0.692. The molecular weight excluding hydrogens is 214 g/mol. The summed E-state index contributed by atoms with van der Waals surface area (Å²) >= 11 is 0. The number of rotatable bonds is 7. The fourth-order valence-electron chi connectivity index (χ4n) is 2.23. The van der Waals surface area contributed by atoms with Crippen molar-refractivity contribution in [1.29, 1.82) is 0 Å². The molecule has 1 fully saturated rings. The molecule has 17 heavy (non-hydrogen) atoms. The highest BCUT2D eigenvalue weighted by Gasteiger charge is 2.41. The van der Waals surface area contributed by atoms with Gasteiger partial charge in [-0.1, -0.05) is 19.8 Å². The van der Waals surface area contributed by atoms with Gasteiger partial charge in [-0.15, -0.1) is 0 Å². The minimum Gasteiger partial charge on any atom is -0.355 e. The lowest BCUT2D eigenvalue weighted by atomic mass is 10.1. The van der Waals surface area contributed by atoms with Crippen LogP contribution in [0.25, 0.3) is 0 Å². The van der Waals surface area contributed by atoms with Crippen LogP contribution in [0.1, 0.15) is 38.3 Å². The summed E-state index contributed by atoms with van der Waals surface area (Å²) in [4.78, 5) is 18.7. The average molecular weight is 235 g/mol. The van der Waals surface area contributed by atoms with Gasteiger partial charge in [-0.05, 0) is 18.8 Å². The number of aromatic amines is 1. The Morgan fingerprint density at radius 2 is 2.53 bits per heavy atom. The van der Waals surface area contributed by atoms with Crippen molar-refractivity contribution in [2.24, 2.45) is 11.8 Å². The SMILES string of the molecule is CCCCC1CC1C(=O)NCCc1cnc[nH]1. The van der Waals surface area contributed by atoms with E-state index in [1.807, 2.05) is 0 Å². The zero-order valence-electron chi connectivity index (χ0n) is 10.4. The lowest BCUT2D eigenvalue weighted by molar-refractivity contribution is -0.122. The summed E-state index contributed by atoms with van der Waals surface area (Å²) in [7, 11) is 0. The molecule has 1 aliphatic rings. The van der Waals surface area contributed by atoms with Crippen molar-refractivity contribution < 1.29 is 4.79 Å². The van der Waals surface area contributed by atoms with Gasteiger partial charge in [0.05, 0.1) is 6.33 Å². The minimum atomic E-state index is 0.241. The molecule has 1 saturated carbocycles. The smallest absolute Gasteiger partial charge is 0.223 e. The Morgan fingerprint density at radius 3 is 3.24 bits per heavy atom. The van der Waals surface area contributed by atoms with E-state index in [0.29, 0.717) is 18.4 Å². The summed E-state index contributed by atoms with van der Waals surface area (Å²) in [5.74, 6) is 1.19. The lowest BCUT2D eigenvalue weighted by Crippen LogP contribution is -2.27. The third-order valence-electron chi connectivity index (χ3n) is 3.44. The summed E-state index contributed by atoms with van der Waals surface area (Å²) in [6.45, 7) is 2.90. The molecule has 0 spiro atoms. The van der Waals surface area contributed by atoms with E-state index in [0.717, 1.165) is 18.5 Å². The number of imidazole rings is 1. The number of hydrogen-bond donors (Lipinski definition) is 2. The van der Waals surface area contributed by atoms with Crippen molar-refractivity contribution in [3.8, 4) is 0 Å². The number of aromatic nitrogens is 2. The highest BCUT2D eigenvalue weighted by molar-refractivity contribution is 5.81. The molecule has 1 aromatic heterocycles. The first-order valence-corrected chi connectivity index (χ1v) is 6.56. The van der Waals surface area contributed by atoms with Crippen molar-refractivity contribution in [3.05, 3.63) is 18.2 Å². The zero-order valence-corrected chi connectivity index (χ0v) is 10.4. The predicted octanol–water partition coefficient (Wildman–Crippen LogP) is 1.89. The van der Waals surface area contributed by atoms with E-state index >= 15 is 0 Å². The molecule has 1 aromatic rings. The van der Waals surface area contributed by atoms with Gasteiger partial charge in [0, 0.05) is 30.8 Å². The molecule has 0 aliphatic heterocycles. The molecule has 0 radical (unpaired) electrons. The first-order valence-electron chi connectivity index (χ1n) is 6.56. The summed E-state index contributed by atoms with van der Waals surface area (Å²) in [6, 6.07) is 0. The highest BCUT2D eigenvalue weighted by Crippen LogP contribution is 2.42. The number of nitrogens with one attached hydrogen (secondary N) is 2. The van der Waals surface area contributed by atoms with E-state index in [1.54, 1.807) is 12.5 Å². The van der Waals surface area contributed by atoms with Gasteiger partial charge in [0.15, 0.2) is 0 Å². The number of amides is 1. The maximum Gasteiger partial charge on any atom is 0.223 e. The first kappa shape index (κ1) is 12.1. The van der Waals surface area contributed by atoms with Crippen LogP contribution in [0.5, 0.6) is 0 Å². The van der Waals surface area contributed by atoms with Crippen LogP contribution in [0.15, 0.2) is 12.5 Å². The van der Waals surface area contributed by atoms with Crippen molar-refractivity contribution in [3.63, 3.8) is 0 Å². The van der Waals surface area contributed by atoms with E-state index in [1.165, 1.54) is 19.3 Å². The summed E-state index contributed by atoms with van der Waals surface area (Å²) in [5, 5.41) is 3.00. The van der Waals surface area contributed by atoms with E-state index < -0.39 is 0 Å². The van der Waals surface area contributed by atoms with Crippen LogP contribution in [0, 0.1) is 11.8 Å². The second-order valence-electron chi connectivity index (χ2n) is 4.86. The number of hydrogen-bond acceptors (Lipinski definition) is 2. The molecule has 0 aromatic carbocycles. The van der Waals surface area contributed by atoms with Crippen molar-refractivity contribution in [1.82, 2.24) is 15.3 Å². The fourth-order valence-corrected chi connectivity index (χ4v) is 2.23. The van der Waals surface area contributed by atoms with Gasteiger partial charge >= 0.3 is 0 Å². The Kier molecular flexibility index (Phi) is 4.18. The number of carbonyl (C=O) groups excluding carboxylic acids is 1. The molecule has 2 atom stereocenters. The summed E-state index contributed by atoms with van der Waals surface area (Å²) in [5.41, 5.74) is 1.07. The maximum atomic E-state index is 11.8. The molecule has 0 bridgehead atoms. The Morgan fingerprint density at radius 1 is 1.65 bits per heavy atom. The highest BCUT2D eigenvalue weighted by atomic mass is 16.2. The third-order valence-corrected chi connectivity index (χ3v) is 3.44. The topological polar surface area (TPSA) is 57.8 Å². The van der Waals surface area contributed by atoms with Crippen molar-refractivity contribution in [2.45, 2.75) is 39.0 Å². The Bertz CT molecular complexity index is 348. The van der Waals surface area contributed by atoms with Gasteiger partial charge in [-0.25, -0.2) is 4.98 Å². The van der Waals surface area contributed by atoms with Crippen LogP contribution in [0.4, 0.5) is 0 Å². The zero-order chi connectivity index (χ0) is 12.1. The Hall–Kier alpha value is -1.32. The molecule has 1 amide bonds. The Labute approximate surface area is 102 Å². The van der Waals surface area contributed by atoms with Crippen LogP contribution < -0.4 is 5.32 Å². The molecule has 1 heterocycles. The van der Waals surface area contributed by atoms with Crippen molar-refractivity contribution >= 4 is 5.91 Å². The second-order valence-corrected chi connectivity index (χ2v) is 4.86. The first-order chi connectivity index (χ1) is 8.31. The van der Waals surface area contributed by atoms with Gasteiger partial charge < -0.3 is 10.3 Å². The quantitative estimate of drug-likeness (QED) is 0.758. The monoisotopic (exact) mass is 235 g/mol. The Balaban J connectivity index is 1.59. The minimum absolute atomic E-state index is 0.241. The lowest BCUT2D eigenvalue weighted by Gasteiger charge is -2.03. The van der Waals surface area contributed by atoms with Crippen LogP contribution in [0.2, 0.25) is 0 Å². The van der Waals surface area contributed by atoms with Crippen LogP contribution in [-0.2, 0) is 11.2 Å². The summed E-state index contributed by atoms with van der Waals surface area (Å²) in [6.07, 6.45) is 9.09. The van der Waals surface area contributed by atoms with Crippen LogP contribution in [-0.4, -0.2) is 22.4 Å². The molecule has 0 saturated heterocycles. The van der Waals surface area contributed by atoms with E-state index in [9.17, 15) is 4.79 Å². The molecule has 94 valence electrons. The second kappa shape index (κ2) is 5.84.